The van der Waals surface area contributed by atoms with Crippen molar-refractivity contribution >= 4 is 34.5 Å². The number of anilines is 1. The lowest BCUT2D eigenvalue weighted by Gasteiger charge is -2.10. The molecule has 4 aromatic rings. The van der Waals surface area contributed by atoms with Crippen LogP contribution in [0, 0.1) is 0 Å². The van der Waals surface area contributed by atoms with Gasteiger partial charge in [-0.1, -0.05) is 16.8 Å². The molecule has 0 saturated heterocycles. The average molecular weight is 442 g/mol. The summed E-state index contributed by atoms with van der Waals surface area (Å²) in [4.78, 5) is 17.8. The van der Waals surface area contributed by atoms with Crippen LogP contribution in [0.4, 0.5) is 5.69 Å². The number of ether oxygens (including phenoxy) is 2. The maximum atomic E-state index is 12.7. The molecular weight excluding hydrogens is 426 g/mol. The molecule has 0 aliphatic carbocycles. The van der Waals surface area contributed by atoms with Crippen molar-refractivity contribution < 1.29 is 18.8 Å². The number of methoxy groups -OCH3 is 2. The van der Waals surface area contributed by atoms with Gasteiger partial charge in [-0.15, -0.1) is 11.3 Å². The third-order valence-corrected chi connectivity index (χ3v) is 5.44. The SMILES string of the molecule is COc1ccc(C(=O)Nc2ccsc2-c2nc(-c3ccc(Cl)cc3)no2)cc1OC. The molecule has 152 valence electrons. The van der Waals surface area contributed by atoms with E-state index >= 15 is 0 Å². The highest BCUT2D eigenvalue weighted by atomic mass is 35.5. The molecule has 0 radical (unpaired) electrons. The van der Waals surface area contributed by atoms with E-state index in [-0.39, 0.29) is 5.91 Å². The first-order chi connectivity index (χ1) is 14.6. The normalized spacial score (nSPS) is 10.6. The molecule has 0 fully saturated rings. The predicted octanol–water partition coefficient (Wildman–Crippen LogP) is 5.39. The standard InChI is InChI=1S/C21H16ClN3O4S/c1-27-16-8-5-13(11-17(16)28-2)20(26)23-15-9-10-30-18(15)21-24-19(25-29-21)12-3-6-14(22)7-4-12/h3-11H,1-2H3,(H,23,26). The fourth-order valence-corrected chi connectivity index (χ4v) is 3.67. The summed E-state index contributed by atoms with van der Waals surface area (Å²) < 4.78 is 15.9. The Balaban J connectivity index is 1.57. The Morgan fingerprint density at radius 1 is 1.07 bits per heavy atom. The van der Waals surface area contributed by atoms with Crippen LogP contribution >= 0.6 is 22.9 Å². The molecule has 0 saturated carbocycles. The molecule has 1 amide bonds. The first-order valence-electron chi connectivity index (χ1n) is 8.80. The Bertz CT molecular complexity index is 1190. The van der Waals surface area contributed by atoms with E-state index in [1.54, 1.807) is 36.4 Å². The van der Waals surface area contributed by atoms with Crippen molar-refractivity contribution in [3.63, 3.8) is 0 Å². The van der Waals surface area contributed by atoms with Crippen molar-refractivity contribution in [1.82, 2.24) is 10.1 Å². The summed E-state index contributed by atoms with van der Waals surface area (Å²) in [6.07, 6.45) is 0. The molecule has 0 aliphatic rings. The lowest BCUT2D eigenvalue weighted by molar-refractivity contribution is 0.102. The van der Waals surface area contributed by atoms with Crippen LogP contribution in [0.15, 0.2) is 58.4 Å². The molecule has 0 bridgehead atoms. The van der Waals surface area contributed by atoms with Crippen LogP contribution in [0.1, 0.15) is 10.4 Å². The van der Waals surface area contributed by atoms with E-state index in [1.165, 1.54) is 25.6 Å². The van der Waals surface area contributed by atoms with Crippen molar-refractivity contribution in [3.8, 4) is 33.7 Å². The minimum atomic E-state index is -0.298. The summed E-state index contributed by atoms with van der Waals surface area (Å²) in [6, 6.07) is 13.9. The van der Waals surface area contributed by atoms with Crippen molar-refractivity contribution in [2.24, 2.45) is 0 Å². The van der Waals surface area contributed by atoms with Crippen molar-refractivity contribution in [2.75, 3.05) is 19.5 Å². The Morgan fingerprint density at radius 3 is 2.57 bits per heavy atom. The number of rotatable bonds is 6. The van der Waals surface area contributed by atoms with Crippen LogP contribution in [-0.2, 0) is 0 Å². The van der Waals surface area contributed by atoms with E-state index in [4.69, 9.17) is 25.6 Å². The largest absolute Gasteiger partial charge is 0.493 e. The maximum absolute atomic E-state index is 12.7. The lowest BCUT2D eigenvalue weighted by atomic mass is 10.2. The summed E-state index contributed by atoms with van der Waals surface area (Å²) in [5.74, 6) is 1.48. The van der Waals surface area contributed by atoms with Gasteiger partial charge in [0.25, 0.3) is 11.8 Å². The number of nitrogens with one attached hydrogen (secondary N) is 1. The summed E-state index contributed by atoms with van der Waals surface area (Å²) in [5, 5.41) is 9.37. The number of halogens is 1. The van der Waals surface area contributed by atoms with Gasteiger partial charge in [0.05, 0.1) is 19.9 Å². The number of hydrogen-bond donors (Lipinski definition) is 1. The molecule has 2 aromatic heterocycles. The third-order valence-electron chi connectivity index (χ3n) is 4.28. The molecule has 1 N–H and O–H groups in total. The van der Waals surface area contributed by atoms with Gasteiger partial charge in [-0.25, -0.2) is 0 Å². The number of aromatic nitrogens is 2. The third kappa shape index (κ3) is 4.00. The first kappa shape index (κ1) is 19.9. The zero-order chi connectivity index (χ0) is 21.1. The van der Waals surface area contributed by atoms with E-state index < -0.39 is 0 Å². The number of carbonyl (C=O) groups is 1. The number of amides is 1. The maximum Gasteiger partial charge on any atom is 0.270 e. The van der Waals surface area contributed by atoms with Crippen LogP contribution in [0.2, 0.25) is 5.02 Å². The zero-order valence-electron chi connectivity index (χ0n) is 16.0. The highest BCUT2D eigenvalue weighted by Crippen LogP contribution is 2.34. The lowest BCUT2D eigenvalue weighted by Crippen LogP contribution is -2.12. The van der Waals surface area contributed by atoms with Crippen LogP contribution in [0.25, 0.3) is 22.2 Å². The van der Waals surface area contributed by atoms with Crippen LogP contribution in [-0.4, -0.2) is 30.3 Å². The molecule has 4 rings (SSSR count). The molecular formula is C21H16ClN3O4S. The predicted molar refractivity (Wildman–Crippen MR) is 116 cm³/mol. The summed E-state index contributed by atoms with van der Waals surface area (Å²) in [7, 11) is 3.06. The molecule has 2 heterocycles. The molecule has 30 heavy (non-hydrogen) atoms. The van der Waals surface area contributed by atoms with Crippen LogP contribution < -0.4 is 14.8 Å². The van der Waals surface area contributed by atoms with Crippen molar-refractivity contribution in [2.45, 2.75) is 0 Å². The topological polar surface area (TPSA) is 86.5 Å². The van der Waals surface area contributed by atoms with E-state index in [0.717, 1.165) is 5.56 Å². The number of thiophene rings is 1. The summed E-state index contributed by atoms with van der Waals surface area (Å²) in [5.41, 5.74) is 1.78. The van der Waals surface area contributed by atoms with Gasteiger partial charge < -0.3 is 19.3 Å². The second-order valence-electron chi connectivity index (χ2n) is 6.12. The Morgan fingerprint density at radius 2 is 1.83 bits per heavy atom. The Hall–Kier alpha value is -3.36. The quantitative estimate of drug-likeness (QED) is 0.431. The highest BCUT2D eigenvalue weighted by molar-refractivity contribution is 7.14. The molecule has 0 unspecified atom stereocenters. The van der Waals surface area contributed by atoms with Gasteiger partial charge >= 0.3 is 0 Å². The highest BCUT2D eigenvalue weighted by Gasteiger charge is 2.18. The summed E-state index contributed by atoms with van der Waals surface area (Å²) in [6.45, 7) is 0. The van der Waals surface area contributed by atoms with Crippen LogP contribution in [0.5, 0.6) is 11.5 Å². The Kier molecular flexibility index (Phi) is 5.69. The zero-order valence-corrected chi connectivity index (χ0v) is 17.6. The molecule has 7 nitrogen and oxygen atoms in total. The van der Waals surface area contributed by atoms with Crippen LogP contribution in [0.3, 0.4) is 0 Å². The molecule has 2 aromatic carbocycles. The second kappa shape index (κ2) is 8.56. The van der Waals surface area contributed by atoms with E-state index in [1.807, 2.05) is 17.5 Å². The fourth-order valence-electron chi connectivity index (χ4n) is 2.78. The Labute approximate surface area is 181 Å². The molecule has 0 aliphatic heterocycles. The number of benzene rings is 2. The second-order valence-corrected chi connectivity index (χ2v) is 7.47. The van der Waals surface area contributed by atoms with Gasteiger partial charge in [0.15, 0.2) is 11.5 Å². The van der Waals surface area contributed by atoms with E-state index in [2.05, 4.69) is 15.5 Å². The van der Waals surface area contributed by atoms with Gasteiger partial charge in [-0.2, -0.15) is 4.98 Å². The van der Waals surface area contributed by atoms with Gasteiger partial charge in [0.2, 0.25) is 5.82 Å². The van der Waals surface area contributed by atoms with Gasteiger partial charge in [-0.3, -0.25) is 4.79 Å². The minimum absolute atomic E-state index is 0.298. The van der Waals surface area contributed by atoms with Gasteiger partial charge in [0.1, 0.15) is 4.88 Å². The molecule has 0 spiro atoms. The first-order valence-corrected chi connectivity index (χ1v) is 10.1. The smallest absolute Gasteiger partial charge is 0.270 e. The number of carbonyl (C=O) groups excluding carboxylic acids is 1. The van der Waals surface area contributed by atoms with Crippen molar-refractivity contribution in [3.05, 3.63) is 64.5 Å². The van der Waals surface area contributed by atoms with Gasteiger partial charge in [-0.05, 0) is 53.9 Å². The molecule has 0 atom stereocenters. The number of nitrogens with zero attached hydrogens (tertiary/aromatic N) is 2. The van der Waals surface area contributed by atoms with E-state index in [9.17, 15) is 4.79 Å². The van der Waals surface area contributed by atoms with Gasteiger partial charge in [0, 0.05) is 16.1 Å². The summed E-state index contributed by atoms with van der Waals surface area (Å²) >= 11 is 7.31. The minimum Gasteiger partial charge on any atom is -0.493 e. The fraction of sp³-hybridized carbons (Fsp3) is 0.0952. The van der Waals surface area contributed by atoms with E-state index in [0.29, 0.717) is 44.4 Å². The molecule has 9 heteroatoms. The average Bonchev–Trinajstić information content (AvgIpc) is 3.43. The van der Waals surface area contributed by atoms with Crippen molar-refractivity contribution in [1.29, 1.82) is 0 Å². The monoisotopic (exact) mass is 441 g/mol. The number of hydrogen-bond acceptors (Lipinski definition) is 7.